The molecule has 0 aliphatic carbocycles. The summed E-state index contributed by atoms with van der Waals surface area (Å²) in [5.41, 5.74) is 2.77. The van der Waals surface area contributed by atoms with E-state index in [4.69, 9.17) is 0 Å². The smallest absolute Gasteiger partial charge is 0.323 e. The monoisotopic (exact) mass is 492 g/mol. The maximum absolute atomic E-state index is 13.5. The Morgan fingerprint density at radius 1 is 0.889 bits per heavy atom. The van der Waals surface area contributed by atoms with Crippen LogP contribution in [0.25, 0.3) is 0 Å². The number of nitrogens with zero attached hydrogens (tertiary/aromatic N) is 1. The zero-order chi connectivity index (χ0) is 25.7. The molecular formula is C28H30F2N4O2. The zero-order valence-electron chi connectivity index (χ0n) is 20.4. The van der Waals surface area contributed by atoms with Crippen LogP contribution in [0.4, 0.5) is 30.6 Å². The Bertz CT molecular complexity index is 1230. The van der Waals surface area contributed by atoms with Gasteiger partial charge in [-0.3, -0.25) is 4.79 Å². The Balaban J connectivity index is 1.55. The number of anilines is 3. The van der Waals surface area contributed by atoms with Crippen molar-refractivity contribution in [3.05, 3.63) is 89.5 Å². The SMILES string of the molecule is CC1CCN(c2ccc(NC(=O)Nc3ccc(F)c(F)c3)cc2C(=O)NC(C)c2ccccc2)CC1. The van der Waals surface area contributed by atoms with Crippen LogP contribution in [0.3, 0.4) is 0 Å². The average molecular weight is 493 g/mol. The average Bonchev–Trinajstić information content (AvgIpc) is 2.87. The Morgan fingerprint density at radius 2 is 1.53 bits per heavy atom. The van der Waals surface area contributed by atoms with E-state index in [2.05, 4.69) is 27.8 Å². The van der Waals surface area contributed by atoms with Crippen LogP contribution < -0.4 is 20.9 Å². The van der Waals surface area contributed by atoms with Gasteiger partial charge in [-0.2, -0.15) is 0 Å². The molecule has 36 heavy (non-hydrogen) atoms. The minimum atomic E-state index is -1.06. The maximum atomic E-state index is 13.5. The number of urea groups is 1. The second-order valence-corrected chi connectivity index (χ2v) is 9.22. The highest BCUT2D eigenvalue weighted by molar-refractivity contribution is 6.04. The highest BCUT2D eigenvalue weighted by Gasteiger charge is 2.23. The molecule has 0 spiro atoms. The van der Waals surface area contributed by atoms with E-state index in [9.17, 15) is 18.4 Å². The van der Waals surface area contributed by atoms with Crippen LogP contribution >= 0.6 is 0 Å². The molecule has 1 atom stereocenters. The van der Waals surface area contributed by atoms with Gasteiger partial charge in [-0.25, -0.2) is 13.6 Å². The van der Waals surface area contributed by atoms with Gasteiger partial charge in [0, 0.05) is 36.2 Å². The molecule has 1 saturated heterocycles. The molecule has 4 rings (SSSR count). The van der Waals surface area contributed by atoms with Crippen molar-refractivity contribution in [3.8, 4) is 0 Å². The fourth-order valence-corrected chi connectivity index (χ4v) is 4.29. The molecule has 1 unspecified atom stereocenters. The number of carbonyl (C=O) groups excluding carboxylic acids is 2. The number of carbonyl (C=O) groups is 2. The molecule has 1 aliphatic rings. The molecule has 3 aromatic rings. The Morgan fingerprint density at radius 3 is 2.19 bits per heavy atom. The van der Waals surface area contributed by atoms with Gasteiger partial charge in [0.15, 0.2) is 11.6 Å². The second-order valence-electron chi connectivity index (χ2n) is 9.22. The van der Waals surface area contributed by atoms with Crippen molar-refractivity contribution >= 4 is 29.0 Å². The molecule has 3 aromatic carbocycles. The normalized spacial score (nSPS) is 14.7. The minimum Gasteiger partial charge on any atom is -0.371 e. The third kappa shape index (κ3) is 6.19. The predicted molar refractivity (Wildman–Crippen MR) is 138 cm³/mol. The molecule has 0 bridgehead atoms. The number of hydrogen-bond donors (Lipinski definition) is 3. The van der Waals surface area contributed by atoms with Gasteiger partial charge in [0.25, 0.3) is 5.91 Å². The van der Waals surface area contributed by atoms with Crippen molar-refractivity contribution in [2.45, 2.75) is 32.7 Å². The topological polar surface area (TPSA) is 73.5 Å². The third-order valence-electron chi connectivity index (χ3n) is 6.45. The number of halogens is 2. The molecule has 0 aromatic heterocycles. The lowest BCUT2D eigenvalue weighted by atomic mass is 9.97. The minimum absolute atomic E-state index is 0.111. The lowest BCUT2D eigenvalue weighted by molar-refractivity contribution is 0.0940. The van der Waals surface area contributed by atoms with E-state index in [-0.39, 0.29) is 17.6 Å². The first-order valence-electron chi connectivity index (χ1n) is 12.1. The van der Waals surface area contributed by atoms with Crippen LogP contribution in [0.2, 0.25) is 0 Å². The third-order valence-corrected chi connectivity index (χ3v) is 6.45. The van der Waals surface area contributed by atoms with Crippen molar-refractivity contribution in [1.29, 1.82) is 0 Å². The number of piperidine rings is 1. The molecule has 6 nitrogen and oxygen atoms in total. The maximum Gasteiger partial charge on any atom is 0.323 e. The highest BCUT2D eigenvalue weighted by Crippen LogP contribution is 2.29. The van der Waals surface area contributed by atoms with Crippen molar-refractivity contribution in [3.63, 3.8) is 0 Å². The first-order valence-corrected chi connectivity index (χ1v) is 12.1. The Hall–Kier alpha value is -3.94. The van der Waals surface area contributed by atoms with Crippen LogP contribution in [0.15, 0.2) is 66.7 Å². The summed E-state index contributed by atoms with van der Waals surface area (Å²) < 4.78 is 26.6. The number of nitrogens with one attached hydrogen (secondary N) is 3. The molecule has 188 valence electrons. The number of hydrogen-bond acceptors (Lipinski definition) is 3. The summed E-state index contributed by atoms with van der Waals surface area (Å²) in [6, 6.07) is 17.2. The number of benzene rings is 3. The molecule has 1 fully saturated rings. The molecule has 0 saturated carbocycles. The number of rotatable bonds is 6. The second kappa shape index (κ2) is 11.2. The molecule has 8 heteroatoms. The first kappa shape index (κ1) is 25.2. The summed E-state index contributed by atoms with van der Waals surface area (Å²) >= 11 is 0. The summed E-state index contributed by atoms with van der Waals surface area (Å²) in [4.78, 5) is 28.1. The van der Waals surface area contributed by atoms with E-state index in [1.54, 1.807) is 12.1 Å². The van der Waals surface area contributed by atoms with Crippen molar-refractivity contribution in [2.24, 2.45) is 5.92 Å². The number of amides is 3. The standard InChI is InChI=1S/C28H30F2N4O2/c1-18-12-14-34(15-13-18)26-11-9-21(32-28(36)33-22-8-10-24(29)25(30)17-22)16-23(26)27(35)31-19(2)20-6-4-3-5-7-20/h3-11,16-19H,12-15H2,1-2H3,(H,31,35)(H2,32,33,36). The van der Waals surface area contributed by atoms with Gasteiger partial charge in [-0.15, -0.1) is 0 Å². The van der Waals surface area contributed by atoms with Gasteiger partial charge in [-0.1, -0.05) is 37.3 Å². The van der Waals surface area contributed by atoms with Crippen molar-refractivity contribution in [1.82, 2.24) is 5.32 Å². The first-order chi connectivity index (χ1) is 17.3. The van der Waals surface area contributed by atoms with E-state index >= 15 is 0 Å². The van der Waals surface area contributed by atoms with E-state index in [1.165, 1.54) is 6.07 Å². The molecule has 1 aliphatic heterocycles. The highest BCUT2D eigenvalue weighted by atomic mass is 19.2. The van der Waals surface area contributed by atoms with Crippen LogP contribution in [0, 0.1) is 17.6 Å². The summed E-state index contributed by atoms with van der Waals surface area (Å²) in [5, 5.41) is 8.21. The summed E-state index contributed by atoms with van der Waals surface area (Å²) in [6.45, 7) is 5.84. The van der Waals surface area contributed by atoms with Gasteiger partial charge < -0.3 is 20.9 Å². The summed E-state index contributed by atoms with van der Waals surface area (Å²) in [5.74, 6) is -1.66. The lowest BCUT2D eigenvalue weighted by Crippen LogP contribution is -2.35. The van der Waals surface area contributed by atoms with Gasteiger partial charge in [0.05, 0.1) is 11.6 Å². The van der Waals surface area contributed by atoms with E-state index in [0.29, 0.717) is 17.2 Å². The predicted octanol–water partition coefficient (Wildman–Crippen LogP) is 6.34. The summed E-state index contributed by atoms with van der Waals surface area (Å²) in [7, 11) is 0. The van der Waals surface area contributed by atoms with E-state index < -0.39 is 17.7 Å². The molecular weight excluding hydrogens is 462 g/mol. The van der Waals surface area contributed by atoms with E-state index in [1.807, 2.05) is 43.3 Å². The van der Waals surface area contributed by atoms with Crippen molar-refractivity contribution in [2.75, 3.05) is 28.6 Å². The van der Waals surface area contributed by atoms with E-state index in [0.717, 1.165) is 49.3 Å². The van der Waals surface area contributed by atoms with Gasteiger partial charge in [0.1, 0.15) is 0 Å². The molecule has 1 heterocycles. The van der Waals surface area contributed by atoms with Gasteiger partial charge in [-0.05, 0) is 61.6 Å². The lowest BCUT2D eigenvalue weighted by Gasteiger charge is -2.33. The van der Waals surface area contributed by atoms with Crippen LogP contribution in [0.5, 0.6) is 0 Å². The fraction of sp³-hybridized carbons (Fsp3) is 0.286. The quantitative estimate of drug-likeness (QED) is 0.376. The Labute approximate surface area is 209 Å². The Kier molecular flexibility index (Phi) is 7.83. The molecule has 0 radical (unpaired) electrons. The van der Waals surface area contributed by atoms with Crippen LogP contribution in [-0.2, 0) is 0 Å². The van der Waals surface area contributed by atoms with Crippen LogP contribution in [0.1, 0.15) is 48.7 Å². The fourth-order valence-electron chi connectivity index (χ4n) is 4.29. The molecule has 3 N–H and O–H groups in total. The largest absolute Gasteiger partial charge is 0.371 e. The molecule has 3 amide bonds. The van der Waals surface area contributed by atoms with Crippen LogP contribution in [-0.4, -0.2) is 25.0 Å². The van der Waals surface area contributed by atoms with Crippen molar-refractivity contribution < 1.29 is 18.4 Å². The summed E-state index contributed by atoms with van der Waals surface area (Å²) in [6.07, 6.45) is 2.08. The van der Waals surface area contributed by atoms with Gasteiger partial charge >= 0.3 is 6.03 Å². The zero-order valence-corrected chi connectivity index (χ0v) is 20.4. The van der Waals surface area contributed by atoms with Gasteiger partial charge in [0.2, 0.25) is 0 Å².